The monoisotopic (exact) mass is 269 g/mol. The second kappa shape index (κ2) is 8.17. The van der Waals surface area contributed by atoms with Gasteiger partial charge in [0.1, 0.15) is 0 Å². The zero-order chi connectivity index (χ0) is 14.3. The Morgan fingerprint density at radius 3 is 2.68 bits per heavy atom. The van der Waals surface area contributed by atoms with Crippen molar-refractivity contribution in [1.82, 2.24) is 15.1 Å². The first-order chi connectivity index (χ1) is 9.17. The summed E-state index contributed by atoms with van der Waals surface area (Å²) < 4.78 is 12.7. The summed E-state index contributed by atoms with van der Waals surface area (Å²) in [4.78, 5) is 0. The number of nitrogens with one attached hydrogen (secondary N) is 1. The Bertz CT molecular complexity index is 366. The third-order valence-electron chi connectivity index (χ3n) is 3.27. The lowest BCUT2D eigenvalue weighted by atomic mass is 9.99. The Morgan fingerprint density at radius 2 is 2.16 bits per heavy atom. The van der Waals surface area contributed by atoms with Crippen LogP contribution in [0.1, 0.15) is 38.4 Å². The molecule has 0 aromatic carbocycles. The quantitative estimate of drug-likeness (QED) is 0.747. The second-order valence-corrected chi connectivity index (χ2v) is 4.96. The summed E-state index contributed by atoms with van der Waals surface area (Å²) in [5.74, 6) is 1.34. The van der Waals surface area contributed by atoms with E-state index in [1.165, 1.54) is 0 Å². The summed E-state index contributed by atoms with van der Waals surface area (Å²) in [7, 11) is 5.42. The summed E-state index contributed by atoms with van der Waals surface area (Å²) in [6.07, 6.45) is 3.86. The van der Waals surface area contributed by atoms with E-state index in [1.807, 2.05) is 11.7 Å². The topological polar surface area (TPSA) is 48.3 Å². The predicted octanol–water partition coefficient (Wildman–Crippen LogP) is 2.23. The van der Waals surface area contributed by atoms with Crippen LogP contribution in [0.3, 0.4) is 0 Å². The number of rotatable bonds is 9. The van der Waals surface area contributed by atoms with Gasteiger partial charge in [-0.3, -0.25) is 4.68 Å². The van der Waals surface area contributed by atoms with E-state index in [1.54, 1.807) is 20.4 Å². The van der Waals surface area contributed by atoms with Gasteiger partial charge >= 0.3 is 0 Å². The lowest BCUT2D eigenvalue weighted by Crippen LogP contribution is -2.24. The average Bonchev–Trinajstić information content (AvgIpc) is 2.79. The molecule has 1 aromatic rings. The van der Waals surface area contributed by atoms with Crippen molar-refractivity contribution in [3.05, 3.63) is 11.9 Å². The third-order valence-corrected chi connectivity index (χ3v) is 3.27. The maximum Gasteiger partial charge on any atom is 0.161 e. The Morgan fingerprint density at radius 1 is 1.42 bits per heavy atom. The SMILES string of the molecule is CCCn1ncc(OC)c1C(CC(C)COC)NC. The van der Waals surface area contributed by atoms with Crippen molar-refractivity contribution < 1.29 is 9.47 Å². The van der Waals surface area contributed by atoms with Crippen LogP contribution >= 0.6 is 0 Å². The van der Waals surface area contributed by atoms with Crippen molar-refractivity contribution in [2.45, 2.75) is 39.3 Å². The molecule has 2 atom stereocenters. The maximum atomic E-state index is 5.44. The number of aryl methyl sites for hydroxylation is 1. The second-order valence-electron chi connectivity index (χ2n) is 4.96. The maximum absolute atomic E-state index is 5.44. The summed E-state index contributed by atoms with van der Waals surface area (Å²) in [5.41, 5.74) is 1.13. The van der Waals surface area contributed by atoms with Crippen LogP contribution in [0.5, 0.6) is 5.75 Å². The lowest BCUT2D eigenvalue weighted by Gasteiger charge is -2.22. The number of hydrogen-bond acceptors (Lipinski definition) is 4. The van der Waals surface area contributed by atoms with Gasteiger partial charge in [-0.15, -0.1) is 0 Å². The third kappa shape index (κ3) is 4.21. The summed E-state index contributed by atoms with van der Waals surface area (Å²) in [5, 5.41) is 7.79. The molecule has 0 saturated carbocycles. The average molecular weight is 269 g/mol. The van der Waals surface area contributed by atoms with Crippen LogP contribution in [-0.2, 0) is 11.3 Å². The first kappa shape index (κ1) is 16.0. The van der Waals surface area contributed by atoms with Gasteiger partial charge in [0.15, 0.2) is 5.75 Å². The summed E-state index contributed by atoms with van der Waals surface area (Å²) in [6, 6.07) is 0.231. The fourth-order valence-corrected chi connectivity index (χ4v) is 2.40. The van der Waals surface area contributed by atoms with Crippen LogP contribution in [-0.4, -0.2) is 37.7 Å². The van der Waals surface area contributed by atoms with E-state index in [0.717, 1.165) is 37.4 Å². The Balaban J connectivity index is 2.91. The highest BCUT2D eigenvalue weighted by Crippen LogP contribution is 2.29. The Kier molecular flexibility index (Phi) is 6.87. The molecule has 0 fully saturated rings. The Labute approximate surface area is 116 Å². The predicted molar refractivity (Wildman–Crippen MR) is 76.5 cm³/mol. The van der Waals surface area contributed by atoms with Crippen molar-refractivity contribution in [1.29, 1.82) is 0 Å². The van der Waals surface area contributed by atoms with Crippen molar-refractivity contribution in [3.8, 4) is 5.75 Å². The van der Waals surface area contributed by atoms with Gasteiger partial charge in [-0.2, -0.15) is 5.10 Å². The number of nitrogens with zero attached hydrogens (tertiary/aromatic N) is 2. The molecule has 0 aliphatic heterocycles. The van der Waals surface area contributed by atoms with Gasteiger partial charge < -0.3 is 14.8 Å². The van der Waals surface area contributed by atoms with Crippen molar-refractivity contribution in [2.24, 2.45) is 5.92 Å². The van der Waals surface area contributed by atoms with E-state index < -0.39 is 0 Å². The van der Waals surface area contributed by atoms with Crippen LogP contribution in [0.4, 0.5) is 0 Å². The van der Waals surface area contributed by atoms with Gasteiger partial charge in [0, 0.05) is 20.3 Å². The molecule has 0 spiro atoms. The molecule has 0 aliphatic rings. The highest BCUT2D eigenvalue weighted by atomic mass is 16.5. The van der Waals surface area contributed by atoms with E-state index in [0.29, 0.717) is 5.92 Å². The molecule has 0 saturated heterocycles. The van der Waals surface area contributed by atoms with Gasteiger partial charge in [-0.05, 0) is 25.8 Å². The van der Waals surface area contributed by atoms with Crippen LogP contribution in [0, 0.1) is 5.92 Å². The first-order valence-corrected chi connectivity index (χ1v) is 6.93. The molecular weight excluding hydrogens is 242 g/mol. The van der Waals surface area contributed by atoms with Crippen molar-refractivity contribution in [2.75, 3.05) is 27.9 Å². The number of methoxy groups -OCH3 is 2. The van der Waals surface area contributed by atoms with Crippen LogP contribution < -0.4 is 10.1 Å². The molecule has 1 rings (SSSR count). The molecule has 110 valence electrons. The minimum absolute atomic E-state index is 0.231. The lowest BCUT2D eigenvalue weighted by molar-refractivity contribution is 0.149. The van der Waals surface area contributed by atoms with Gasteiger partial charge in [0.05, 0.1) is 25.0 Å². The fraction of sp³-hybridized carbons (Fsp3) is 0.786. The Hall–Kier alpha value is -1.07. The van der Waals surface area contributed by atoms with Crippen molar-refractivity contribution in [3.63, 3.8) is 0 Å². The van der Waals surface area contributed by atoms with E-state index in [2.05, 4.69) is 24.3 Å². The molecule has 1 heterocycles. The molecule has 0 aliphatic carbocycles. The van der Waals surface area contributed by atoms with E-state index >= 15 is 0 Å². The highest BCUT2D eigenvalue weighted by Gasteiger charge is 2.22. The van der Waals surface area contributed by atoms with E-state index in [-0.39, 0.29) is 6.04 Å². The number of hydrogen-bond donors (Lipinski definition) is 1. The molecule has 0 amide bonds. The molecule has 19 heavy (non-hydrogen) atoms. The van der Waals surface area contributed by atoms with Gasteiger partial charge in [-0.1, -0.05) is 13.8 Å². The van der Waals surface area contributed by atoms with E-state index in [9.17, 15) is 0 Å². The van der Waals surface area contributed by atoms with Crippen LogP contribution in [0.15, 0.2) is 6.20 Å². The molecule has 1 aromatic heterocycles. The number of aromatic nitrogens is 2. The van der Waals surface area contributed by atoms with Gasteiger partial charge in [0.2, 0.25) is 0 Å². The summed E-state index contributed by atoms with van der Waals surface area (Å²) >= 11 is 0. The summed E-state index contributed by atoms with van der Waals surface area (Å²) in [6.45, 7) is 6.03. The van der Waals surface area contributed by atoms with E-state index in [4.69, 9.17) is 9.47 Å². The van der Waals surface area contributed by atoms with Gasteiger partial charge in [0.25, 0.3) is 0 Å². The first-order valence-electron chi connectivity index (χ1n) is 6.93. The molecule has 0 bridgehead atoms. The molecule has 0 radical (unpaired) electrons. The number of ether oxygens (including phenoxy) is 2. The molecule has 1 N–H and O–H groups in total. The van der Waals surface area contributed by atoms with Crippen LogP contribution in [0.25, 0.3) is 0 Å². The molecular formula is C14H27N3O2. The smallest absolute Gasteiger partial charge is 0.161 e. The largest absolute Gasteiger partial charge is 0.493 e. The normalized spacial score (nSPS) is 14.4. The standard InChI is InChI=1S/C14H27N3O2/c1-6-7-17-14(13(19-5)9-16-17)12(15-3)8-11(2)10-18-4/h9,11-12,15H,6-8,10H2,1-5H3. The minimum Gasteiger partial charge on any atom is -0.493 e. The van der Waals surface area contributed by atoms with Crippen LogP contribution in [0.2, 0.25) is 0 Å². The van der Waals surface area contributed by atoms with Crippen molar-refractivity contribution >= 4 is 0 Å². The molecule has 5 nitrogen and oxygen atoms in total. The molecule has 5 heteroatoms. The highest BCUT2D eigenvalue weighted by molar-refractivity contribution is 5.28. The zero-order valence-corrected chi connectivity index (χ0v) is 12.8. The minimum atomic E-state index is 0.231. The fourth-order valence-electron chi connectivity index (χ4n) is 2.40. The zero-order valence-electron chi connectivity index (χ0n) is 12.8. The van der Waals surface area contributed by atoms with Gasteiger partial charge in [-0.25, -0.2) is 0 Å². The molecule has 2 unspecified atom stereocenters.